The van der Waals surface area contributed by atoms with Gasteiger partial charge in [0.2, 0.25) is 0 Å². The minimum atomic E-state index is -3.60. The summed E-state index contributed by atoms with van der Waals surface area (Å²) in [4.78, 5) is 11.6. The van der Waals surface area contributed by atoms with Crippen molar-refractivity contribution in [2.45, 2.75) is 25.8 Å². The zero-order valence-corrected chi connectivity index (χ0v) is 15.3. The maximum Gasteiger partial charge on any atom is 0.335 e. The van der Waals surface area contributed by atoms with E-state index < -0.39 is 97.3 Å². The molecule has 4 nitrogen and oxygen atoms in total. The van der Waals surface area contributed by atoms with E-state index in [2.05, 4.69) is 0 Å². The van der Waals surface area contributed by atoms with Crippen LogP contribution in [0.1, 0.15) is 60.1 Å². The summed E-state index contributed by atoms with van der Waals surface area (Å²) in [6.07, 6.45) is -7.43. The molecule has 3 rings (SSSR count). The zero-order chi connectivity index (χ0) is 33.9. The van der Waals surface area contributed by atoms with E-state index in [1.807, 2.05) is 0 Å². The maximum absolute atomic E-state index is 11.6. The van der Waals surface area contributed by atoms with Gasteiger partial charge in [0, 0.05) is 14.7 Å². The lowest BCUT2D eigenvalue weighted by Crippen LogP contribution is -2.22. The first-order valence-electron chi connectivity index (χ1n) is 15.9. The quantitative estimate of drug-likeness (QED) is 0.487. The molecule has 3 aromatic carbocycles. The van der Waals surface area contributed by atoms with Gasteiger partial charge in [-0.3, -0.25) is 0 Å². The van der Waals surface area contributed by atoms with Gasteiger partial charge < -0.3 is 15.5 Å². The highest BCUT2D eigenvalue weighted by Gasteiger charge is 2.07. The molecule has 0 aliphatic carbocycles. The molecule has 0 aliphatic heterocycles. The molecule has 0 saturated carbocycles. The number of hydrogen-bond acceptors (Lipinski definition) is 3. The van der Waals surface area contributed by atoms with Gasteiger partial charge in [-0.25, -0.2) is 4.79 Å². The van der Waals surface area contributed by atoms with E-state index in [-0.39, 0.29) is 22.3 Å². The number of nitrogens with one attached hydrogen (secondary N) is 1. The molecule has 0 spiro atoms. The van der Waals surface area contributed by atoms with Crippen LogP contribution in [0.25, 0.3) is 11.1 Å². The summed E-state index contributed by atoms with van der Waals surface area (Å²) < 4.78 is 122. The van der Waals surface area contributed by atoms with Crippen LogP contribution < -0.4 is 5.32 Å². The fourth-order valence-electron chi connectivity index (χ4n) is 2.33. The average molecular weight is 405 g/mol. The number of aliphatic hydroxyl groups is 1. The Morgan fingerprint density at radius 3 is 2.86 bits per heavy atom. The number of carboxylic acid groups (broad SMARTS) is 1. The Labute approximate surface area is 192 Å². The molecular weight excluding hydrogens is 362 g/mol. The lowest BCUT2D eigenvalue weighted by Gasteiger charge is -2.13. The third-order valence-electron chi connectivity index (χ3n) is 3.67. The lowest BCUT2D eigenvalue weighted by atomic mass is 9.99. The highest BCUT2D eigenvalue weighted by atomic mass is 16.4. The smallest absolute Gasteiger partial charge is 0.335 e. The Kier molecular flexibility index (Phi) is 3.04. The number of carboxylic acids is 1. The van der Waals surface area contributed by atoms with Crippen LogP contribution in [0.2, 0.25) is 0 Å². The predicted molar refractivity (Wildman–Crippen MR) is 116 cm³/mol. The van der Waals surface area contributed by atoms with Crippen molar-refractivity contribution in [3.8, 4) is 11.1 Å². The lowest BCUT2D eigenvalue weighted by molar-refractivity contribution is 0.0697. The van der Waals surface area contributed by atoms with Gasteiger partial charge in [-0.15, -0.1) is 0 Å². The molecule has 0 fully saturated rings. The first-order valence-corrected chi connectivity index (χ1v) is 8.43. The van der Waals surface area contributed by atoms with Crippen molar-refractivity contribution in [1.29, 1.82) is 0 Å². The van der Waals surface area contributed by atoms with Gasteiger partial charge in [0.25, 0.3) is 0 Å². The third kappa shape index (κ3) is 6.01. The van der Waals surface area contributed by atoms with Gasteiger partial charge in [0.05, 0.1) is 24.0 Å². The van der Waals surface area contributed by atoms with Gasteiger partial charge in [0.1, 0.15) is 0 Å². The monoisotopic (exact) mass is 404 g/mol. The fourth-order valence-corrected chi connectivity index (χ4v) is 2.33. The van der Waals surface area contributed by atoms with E-state index in [9.17, 15) is 15.0 Å². The summed E-state index contributed by atoms with van der Waals surface area (Å²) in [5, 5.41) is 22.0. The van der Waals surface area contributed by atoms with Crippen LogP contribution in [-0.2, 0) is 6.42 Å². The van der Waals surface area contributed by atoms with Crippen molar-refractivity contribution in [2.24, 2.45) is 0 Å². The van der Waals surface area contributed by atoms with Gasteiger partial charge in [-0.1, -0.05) is 66.1 Å². The first-order chi connectivity index (χ1) is 19.9. The topological polar surface area (TPSA) is 69.6 Å². The first kappa shape index (κ1) is 8.82. The number of aryl methyl sites for hydroxylation is 1. The van der Waals surface area contributed by atoms with Crippen molar-refractivity contribution in [1.82, 2.24) is 5.32 Å². The SMILES string of the molecule is [2H]c1c([2H])c(C(=O)O)c([2H])c(-c2cccc(CC([2H])([2H])C([2H])([2H])NC([2H])([2H])[C@]([2H])(O)c3c([2H])c([2H])c([2H])c(C)c3[2H])c2)c1[2H]. The van der Waals surface area contributed by atoms with Crippen LogP contribution in [0.3, 0.4) is 0 Å². The minimum Gasteiger partial charge on any atom is -0.478 e. The molecule has 3 aromatic rings. The zero-order valence-electron chi connectivity index (χ0n) is 30.3. The van der Waals surface area contributed by atoms with Gasteiger partial charge in [-0.2, -0.15) is 0 Å². The molecule has 0 radical (unpaired) electrons. The second-order valence-corrected chi connectivity index (χ2v) is 5.83. The molecular formula is C25H27NO3. The van der Waals surface area contributed by atoms with E-state index in [0.29, 0.717) is 0 Å². The Balaban J connectivity index is 2.02. The second-order valence-electron chi connectivity index (χ2n) is 5.83. The molecule has 1 atom stereocenters. The summed E-state index contributed by atoms with van der Waals surface area (Å²) in [5.74, 6) is -1.66. The van der Waals surface area contributed by atoms with Crippen LogP contribution in [0.15, 0.2) is 72.6 Å². The standard InChI is InChI=1S/C25H27NO3/c1-18-6-2-11-22(14-18)24(27)17-26-13-5-8-19-7-3-9-20(15-19)21-10-4-12-23(16-21)25(28)29/h2-4,6-7,9-12,14-16,24,26-27H,5,8,13,17H2,1H3,(H,28,29)/t24-/m0/s1/i2D,4D,5D2,6D,10D,11D,12D,13D2,14D,16D,17D2,24D. The van der Waals surface area contributed by atoms with Crippen LogP contribution in [0.5, 0.6) is 0 Å². The highest BCUT2D eigenvalue weighted by molar-refractivity contribution is 5.89. The predicted octanol–water partition coefficient (Wildman–Crippen LogP) is 4.62. The van der Waals surface area contributed by atoms with Gasteiger partial charge in [-0.05, 0) is 60.6 Å². The van der Waals surface area contributed by atoms with Crippen LogP contribution in [-0.4, -0.2) is 29.2 Å². The van der Waals surface area contributed by atoms with E-state index in [0.717, 1.165) is 0 Å². The van der Waals surface area contributed by atoms with Gasteiger partial charge >= 0.3 is 5.97 Å². The molecule has 0 saturated heterocycles. The van der Waals surface area contributed by atoms with Crippen molar-refractivity contribution in [3.63, 3.8) is 0 Å². The Hall–Kier alpha value is -2.95. The number of benzene rings is 3. The Bertz CT molecular complexity index is 1630. The summed E-state index contributed by atoms with van der Waals surface area (Å²) in [5.41, 5.74) is -2.38. The summed E-state index contributed by atoms with van der Waals surface area (Å²) in [6.45, 7) is -5.74. The Morgan fingerprint density at radius 2 is 2.03 bits per heavy atom. The van der Waals surface area contributed by atoms with Gasteiger partial charge in [0.15, 0.2) is 0 Å². The molecule has 0 heterocycles. The average Bonchev–Trinajstić information content (AvgIpc) is 2.88. The molecule has 0 unspecified atom stereocenters. The molecule has 0 bridgehead atoms. The number of aromatic carboxylic acids is 1. The number of carbonyl (C=O) groups is 1. The Morgan fingerprint density at radius 1 is 1.21 bits per heavy atom. The van der Waals surface area contributed by atoms with Crippen molar-refractivity contribution in [2.75, 3.05) is 13.0 Å². The third-order valence-corrected chi connectivity index (χ3v) is 3.67. The van der Waals surface area contributed by atoms with E-state index in [1.54, 1.807) is 5.32 Å². The number of hydrogen-bond donors (Lipinski definition) is 3. The second kappa shape index (κ2) is 10.0. The van der Waals surface area contributed by atoms with E-state index >= 15 is 0 Å². The summed E-state index contributed by atoms with van der Waals surface area (Å²) >= 11 is 0. The van der Waals surface area contributed by atoms with E-state index in [1.165, 1.54) is 31.2 Å². The molecule has 3 N–H and O–H groups in total. The summed E-state index contributed by atoms with van der Waals surface area (Å²) in [7, 11) is 0. The summed E-state index contributed by atoms with van der Waals surface area (Å²) in [6, 6.07) is -0.856. The van der Waals surface area contributed by atoms with Crippen molar-refractivity contribution >= 4 is 5.97 Å². The van der Waals surface area contributed by atoms with Crippen LogP contribution in [0.4, 0.5) is 0 Å². The van der Waals surface area contributed by atoms with Crippen LogP contribution in [0, 0.1) is 6.92 Å². The number of rotatable bonds is 9. The fraction of sp³-hybridized carbons (Fsp3) is 0.240. The molecule has 150 valence electrons. The largest absolute Gasteiger partial charge is 0.478 e. The molecule has 4 heteroatoms. The minimum absolute atomic E-state index is 0.000887. The normalized spacial score (nSPS) is 21.9. The van der Waals surface area contributed by atoms with E-state index in [4.69, 9.17) is 20.6 Å². The molecule has 0 aromatic heterocycles. The molecule has 0 aliphatic rings. The maximum atomic E-state index is 11.6. The highest BCUT2D eigenvalue weighted by Crippen LogP contribution is 2.22. The molecule has 29 heavy (non-hydrogen) atoms. The van der Waals surface area contributed by atoms with Crippen LogP contribution >= 0.6 is 0 Å². The van der Waals surface area contributed by atoms with Crippen molar-refractivity contribution in [3.05, 3.63) is 94.9 Å². The van der Waals surface area contributed by atoms with Crippen molar-refractivity contribution < 1.29 is 35.6 Å². The molecule has 0 amide bonds.